The molecule has 1 heterocycles. The van der Waals surface area contributed by atoms with Gasteiger partial charge in [0.1, 0.15) is 5.75 Å². The summed E-state index contributed by atoms with van der Waals surface area (Å²) in [5.41, 5.74) is 0. The molecule has 0 aliphatic heterocycles. The number of aromatic nitrogens is 2. The number of fused-ring (bicyclic) bond motifs is 1. The van der Waals surface area contributed by atoms with Crippen LogP contribution in [0.5, 0.6) is 5.75 Å². The maximum atomic E-state index is 12.9. The van der Waals surface area contributed by atoms with Gasteiger partial charge in [-0.25, -0.2) is 8.78 Å². The first-order chi connectivity index (χ1) is 11.5. The van der Waals surface area contributed by atoms with E-state index in [0.717, 1.165) is 10.8 Å². The molecule has 0 amide bonds. The minimum atomic E-state index is -2.60. The van der Waals surface area contributed by atoms with Crippen LogP contribution >= 0.6 is 0 Å². The van der Waals surface area contributed by atoms with Crippen molar-refractivity contribution in [1.29, 1.82) is 0 Å². The highest BCUT2D eigenvalue weighted by atomic mass is 19.3. The monoisotopic (exact) mass is 330 g/mol. The summed E-state index contributed by atoms with van der Waals surface area (Å²) in [6, 6.07) is 13.8. The van der Waals surface area contributed by atoms with Crippen molar-refractivity contribution in [2.24, 2.45) is 0 Å². The van der Waals surface area contributed by atoms with Crippen LogP contribution in [0.25, 0.3) is 10.8 Å². The molecule has 1 saturated carbocycles. The Balaban J connectivity index is 1.47. The molecular formula is C18H16F2N2O2. The molecule has 1 aliphatic rings. The summed E-state index contributed by atoms with van der Waals surface area (Å²) in [6.07, 6.45) is -0.906. The lowest BCUT2D eigenvalue weighted by Crippen LogP contribution is -2.33. The average Bonchev–Trinajstić information content (AvgIpc) is 3.02. The lowest BCUT2D eigenvalue weighted by molar-refractivity contribution is -0.0921. The number of hydrogen-bond donors (Lipinski definition) is 0. The van der Waals surface area contributed by atoms with Crippen LogP contribution in [0.3, 0.4) is 0 Å². The molecule has 1 unspecified atom stereocenters. The minimum Gasteiger partial charge on any atom is -0.481 e. The SMILES string of the molecule is CC(Oc1ccc2ccccc2c1)c1nnc(C2CC(F)(F)C2)o1. The van der Waals surface area contributed by atoms with Crippen LogP contribution in [0, 0.1) is 0 Å². The van der Waals surface area contributed by atoms with Gasteiger partial charge in [0, 0.05) is 18.8 Å². The van der Waals surface area contributed by atoms with Crippen LogP contribution in [0.2, 0.25) is 0 Å². The predicted molar refractivity (Wildman–Crippen MR) is 84.2 cm³/mol. The van der Waals surface area contributed by atoms with E-state index in [0.29, 0.717) is 11.6 Å². The molecule has 0 saturated heterocycles. The highest BCUT2D eigenvalue weighted by molar-refractivity contribution is 5.83. The lowest BCUT2D eigenvalue weighted by atomic mass is 9.81. The van der Waals surface area contributed by atoms with Gasteiger partial charge in [-0.1, -0.05) is 30.3 Å². The maximum Gasteiger partial charge on any atom is 0.256 e. The van der Waals surface area contributed by atoms with E-state index in [4.69, 9.17) is 9.15 Å². The second kappa shape index (κ2) is 5.54. The molecule has 1 aliphatic carbocycles. The normalized spacial score (nSPS) is 18.3. The molecule has 1 atom stereocenters. The van der Waals surface area contributed by atoms with Crippen molar-refractivity contribution in [1.82, 2.24) is 10.2 Å². The topological polar surface area (TPSA) is 48.2 Å². The molecule has 4 nitrogen and oxygen atoms in total. The van der Waals surface area contributed by atoms with E-state index in [1.807, 2.05) is 42.5 Å². The molecule has 0 N–H and O–H groups in total. The first-order valence-electron chi connectivity index (χ1n) is 7.87. The van der Waals surface area contributed by atoms with E-state index in [-0.39, 0.29) is 24.7 Å². The van der Waals surface area contributed by atoms with Crippen LogP contribution in [0.1, 0.15) is 43.6 Å². The van der Waals surface area contributed by atoms with E-state index in [1.54, 1.807) is 6.92 Å². The third kappa shape index (κ3) is 2.84. The molecule has 3 aromatic rings. The maximum absolute atomic E-state index is 12.9. The molecule has 24 heavy (non-hydrogen) atoms. The van der Waals surface area contributed by atoms with Crippen LogP contribution < -0.4 is 4.74 Å². The number of rotatable bonds is 4. The number of ether oxygens (including phenoxy) is 1. The highest BCUT2D eigenvalue weighted by Crippen LogP contribution is 2.47. The lowest BCUT2D eigenvalue weighted by Gasteiger charge is -2.32. The van der Waals surface area contributed by atoms with Crippen molar-refractivity contribution >= 4 is 10.8 Å². The van der Waals surface area contributed by atoms with Gasteiger partial charge in [-0.15, -0.1) is 10.2 Å². The highest BCUT2D eigenvalue weighted by Gasteiger charge is 2.48. The molecular weight excluding hydrogens is 314 g/mol. The zero-order valence-electron chi connectivity index (χ0n) is 13.1. The van der Waals surface area contributed by atoms with Gasteiger partial charge < -0.3 is 9.15 Å². The van der Waals surface area contributed by atoms with Crippen LogP contribution in [0.15, 0.2) is 46.9 Å². The number of benzene rings is 2. The first-order valence-corrected chi connectivity index (χ1v) is 7.87. The van der Waals surface area contributed by atoms with Gasteiger partial charge in [0.15, 0.2) is 6.10 Å². The van der Waals surface area contributed by atoms with Gasteiger partial charge in [-0.2, -0.15) is 0 Å². The average molecular weight is 330 g/mol. The van der Waals surface area contributed by atoms with Gasteiger partial charge in [-0.05, 0) is 29.8 Å². The fourth-order valence-electron chi connectivity index (χ4n) is 2.91. The summed E-state index contributed by atoms with van der Waals surface area (Å²) in [5, 5.41) is 10.0. The third-order valence-electron chi connectivity index (χ3n) is 4.28. The Hall–Kier alpha value is -2.50. The van der Waals surface area contributed by atoms with Gasteiger partial charge in [0.05, 0.1) is 0 Å². The van der Waals surface area contributed by atoms with Crippen molar-refractivity contribution in [2.45, 2.75) is 37.7 Å². The second-order valence-corrected chi connectivity index (χ2v) is 6.21. The minimum absolute atomic E-state index is 0.228. The van der Waals surface area contributed by atoms with E-state index < -0.39 is 12.0 Å². The predicted octanol–water partition coefficient (Wildman–Crippen LogP) is 4.88. The van der Waals surface area contributed by atoms with E-state index in [1.165, 1.54) is 0 Å². The number of halogens is 2. The number of nitrogens with zero attached hydrogens (tertiary/aromatic N) is 2. The molecule has 0 radical (unpaired) electrons. The molecule has 6 heteroatoms. The summed E-state index contributed by atoms with van der Waals surface area (Å²) >= 11 is 0. The first kappa shape index (κ1) is 15.1. The van der Waals surface area contributed by atoms with Gasteiger partial charge in [0.2, 0.25) is 11.8 Å². The molecule has 1 aromatic heterocycles. The van der Waals surface area contributed by atoms with Gasteiger partial charge in [-0.3, -0.25) is 0 Å². The number of hydrogen-bond acceptors (Lipinski definition) is 4. The smallest absolute Gasteiger partial charge is 0.256 e. The van der Waals surface area contributed by atoms with Crippen molar-refractivity contribution in [3.8, 4) is 5.75 Å². The fourth-order valence-corrected chi connectivity index (χ4v) is 2.91. The Morgan fingerprint density at radius 1 is 1.12 bits per heavy atom. The Morgan fingerprint density at radius 2 is 1.88 bits per heavy atom. The van der Waals surface area contributed by atoms with Gasteiger partial charge in [0.25, 0.3) is 5.89 Å². The Kier molecular flexibility index (Phi) is 3.48. The van der Waals surface area contributed by atoms with E-state index >= 15 is 0 Å². The zero-order chi connectivity index (χ0) is 16.7. The largest absolute Gasteiger partial charge is 0.481 e. The molecule has 0 bridgehead atoms. The molecule has 1 fully saturated rings. The quantitative estimate of drug-likeness (QED) is 0.684. The summed E-state index contributed by atoms with van der Waals surface area (Å²) in [5.74, 6) is -1.70. The molecule has 0 spiro atoms. The number of alkyl halides is 2. The zero-order valence-corrected chi connectivity index (χ0v) is 13.1. The van der Waals surface area contributed by atoms with Crippen molar-refractivity contribution < 1.29 is 17.9 Å². The van der Waals surface area contributed by atoms with Crippen molar-refractivity contribution in [3.05, 3.63) is 54.2 Å². The summed E-state index contributed by atoms with van der Waals surface area (Å²) in [7, 11) is 0. The van der Waals surface area contributed by atoms with Crippen LogP contribution in [-0.2, 0) is 0 Å². The Labute approximate surface area is 137 Å². The molecule has 4 rings (SSSR count). The third-order valence-corrected chi connectivity index (χ3v) is 4.28. The van der Waals surface area contributed by atoms with E-state index in [9.17, 15) is 8.78 Å². The summed E-state index contributed by atoms with van der Waals surface area (Å²) < 4.78 is 37.3. The molecule has 124 valence electrons. The standard InChI is InChI=1S/C18H16F2N2O2/c1-11(16-21-22-17(24-16)14-9-18(19,20)10-14)23-15-7-6-12-4-2-3-5-13(12)8-15/h2-8,11,14H,9-10H2,1H3. The Morgan fingerprint density at radius 3 is 2.62 bits per heavy atom. The fraction of sp³-hybridized carbons (Fsp3) is 0.333. The van der Waals surface area contributed by atoms with E-state index in [2.05, 4.69) is 10.2 Å². The molecule has 2 aromatic carbocycles. The van der Waals surface area contributed by atoms with Gasteiger partial charge >= 0.3 is 0 Å². The second-order valence-electron chi connectivity index (χ2n) is 6.21. The van der Waals surface area contributed by atoms with Crippen molar-refractivity contribution in [2.75, 3.05) is 0 Å². The summed E-state index contributed by atoms with van der Waals surface area (Å²) in [6.45, 7) is 1.79. The Bertz CT molecular complexity index is 870. The van der Waals surface area contributed by atoms with Crippen LogP contribution in [0.4, 0.5) is 8.78 Å². The summed E-state index contributed by atoms with van der Waals surface area (Å²) in [4.78, 5) is 0. The van der Waals surface area contributed by atoms with Crippen LogP contribution in [-0.4, -0.2) is 16.1 Å². The van der Waals surface area contributed by atoms with Crippen molar-refractivity contribution in [3.63, 3.8) is 0 Å².